The second kappa shape index (κ2) is 10.0. The second-order valence-corrected chi connectivity index (χ2v) is 4.76. The first-order valence-electron chi connectivity index (χ1n) is 7.14. The molecule has 110 valence electrons. The van der Waals surface area contributed by atoms with Gasteiger partial charge in [-0.15, -0.1) is 0 Å². The van der Waals surface area contributed by atoms with Gasteiger partial charge in [-0.05, 0) is 25.0 Å². The quantitative estimate of drug-likeness (QED) is 0.555. The molecule has 0 radical (unpaired) electrons. The molecule has 1 aromatic rings. The Labute approximate surface area is 120 Å². The maximum Gasteiger partial charge on any atom is 0.305 e. The highest BCUT2D eigenvalue weighted by Gasteiger charge is 2.02. The predicted molar refractivity (Wildman–Crippen MR) is 79.4 cm³/mol. The zero-order valence-electron chi connectivity index (χ0n) is 12.1. The number of anilines is 1. The standard InChI is InChI=1S/C16H23NO3/c1-20-16(19)13-9-4-2-3-8-12-15(18)17-14-10-6-5-7-11-14/h5-7,10-11H,2-4,8-9,12-13H2,1H3,(H,17,18). The van der Waals surface area contributed by atoms with Crippen LogP contribution in [0.5, 0.6) is 0 Å². The summed E-state index contributed by atoms with van der Waals surface area (Å²) in [5.41, 5.74) is 0.843. The van der Waals surface area contributed by atoms with Crippen LogP contribution in [-0.4, -0.2) is 19.0 Å². The minimum Gasteiger partial charge on any atom is -0.469 e. The third-order valence-electron chi connectivity index (χ3n) is 3.07. The van der Waals surface area contributed by atoms with Crippen LogP contribution in [0.25, 0.3) is 0 Å². The Bertz CT molecular complexity index is 403. The summed E-state index contributed by atoms with van der Waals surface area (Å²) in [7, 11) is 1.41. The largest absolute Gasteiger partial charge is 0.469 e. The Morgan fingerprint density at radius 2 is 1.55 bits per heavy atom. The Kier molecular flexibility index (Phi) is 8.11. The van der Waals surface area contributed by atoms with E-state index in [0.29, 0.717) is 12.8 Å². The normalized spacial score (nSPS) is 10.1. The molecule has 20 heavy (non-hydrogen) atoms. The zero-order chi connectivity index (χ0) is 14.6. The first kappa shape index (κ1) is 16.2. The molecule has 1 rings (SSSR count). The van der Waals surface area contributed by atoms with E-state index in [1.807, 2.05) is 30.3 Å². The van der Waals surface area contributed by atoms with Crippen LogP contribution in [0.2, 0.25) is 0 Å². The average molecular weight is 277 g/mol. The lowest BCUT2D eigenvalue weighted by molar-refractivity contribution is -0.140. The number of carbonyl (C=O) groups excluding carboxylic acids is 2. The molecule has 1 amide bonds. The molecule has 0 aromatic heterocycles. The van der Waals surface area contributed by atoms with Crippen molar-refractivity contribution in [1.82, 2.24) is 0 Å². The number of benzene rings is 1. The van der Waals surface area contributed by atoms with Crippen LogP contribution >= 0.6 is 0 Å². The lowest BCUT2D eigenvalue weighted by Crippen LogP contribution is -2.10. The Morgan fingerprint density at radius 1 is 0.950 bits per heavy atom. The van der Waals surface area contributed by atoms with E-state index in [-0.39, 0.29) is 11.9 Å². The Hall–Kier alpha value is -1.84. The predicted octanol–water partition coefficient (Wildman–Crippen LogP) is 3.53. The number of carbonyl (C=O) groups is 2. The average Bonchev–Trinajstić information content (AvgIpc) is 2.47. The van der Waals surface area contributed by atoms with Crippen molar-refractivity contribution in [1.29, 1.82) is 0 Å². The van der Waals surface area contributed by atoms with E-state index >= 15 is 0 Å². The monoisotopic (exact) mass is 277 g/mol. The van der Waals surface area contributed by atoms with Gasteiger partial charge in [0.1, 0.15) is 0 Å². The summed E-state index contributed by atoms with van der Waals surface area (Å²) in [6, 6.07) is 9.48. The molecule has 0 saturated heterocycles. The number of methoxy groups -OCH3 is 1. The maximum absolute atomic E-state index is 11.7. The fourth-order valence-corrected chi connectivity index (χ4v) is 1.93. The molecule has 0 aliphatic carbocycles. The molecule has 4 heteroatoms. The van der Waals surface area contributed by atoms with Crippen LogP contribution < -0.4 is 5.32 Å². The van der Waals surface area contributed by atoms with Gasteiger partial charge in [-0.1, -0.05) is 37.5 Å². The van der Waals surface area contributed by atoms with Gasteiger partial charge in [-0.3, -0.25) is 9.59 Å². The number of amides is 1. The highest BCUT2D eigenvalue weighted by atomic mass is 16.5. The van der Waals surface area contributed by atoms with Crippen molar-refractivity contribution in [3.8, 4) is 0 Å². The van der Waals surface area contributed by atoms with Crippen molar-refractivity contribution >= 4 is 17.6 Å². The van der Waals surface area contributed by atoms with Crippen molar-refractivity contribution in [3.05, 3.63) is 30.3 Å². The van der Waals surface area contributed by atoms with Crippen molar-refractivity contribution in [2.75, 3.05) is 12.4 Å². The smallest absolute Gasteiger partial charge is 0.305 e. The van der Waals surface area contributed by atoms with E-state index < -0.39 is 0 Å². The summed E-state index contributed by atoms with van der Waals surface area (Å²) in [4.78, 5) is 22.5. The van der Waals surface area contributed by atoms with E-state index in [9.17, 15) is 9.59 Å². The summed E-state index contributed by atoms with van der Waals surface area (Å²) in [5, 5.41) is 2.87. The van der Waals surface area contributed by atoms with Gasteiger partial charge < -0.3 is 10.1 Å². The molecule has 1 aromatic carbocycles. The molecule has 4 nitrogen and oxygen atoms in total. The molecule has 0 aliphatic rings. The molecule has 0 saturated carbocycles. The highest BCUT2D eigenvalue weighted by molar-refractivity contribution is 5.90. The Balaban J connectivity index is 1.98. The van der Waals surface area contributed by atoms with Crippen LogP contribution in [0.1, 0.15) is 44.9 Å². The topological polar surface area (TPSA) is 55.4 Å². The number of nitrogens with one attached hydrogen (secondary N) is 1. The van der Waals surface area contributed by atoms with Crippen LogP contribution in [0, 0.1) is 0 Å². The van der Waals surface area contributed by atoms with Gasteiger partial charge in [0.05, 0.1) is 7.11 Å². The van der Waals surface area contributed by atoms with Gasteiger partial charge in [0.25, 0.3) is 0 Å². The third kappa shape index (κ3) is 7.56. The molecule has 0 bridgehead atoms. The number of hydrogen-bond donors (Lipinski definition) is 1. The fourth-order valence-electron chi connectivity index (χ4n) is 1.93. The number of para-hydroxylation sites is 1. The van der Waals surface area contributed by atoms with Gasteiger partial charge in [0.2, 0.25) is 5.91 Å². The van der Waals surface area contributed by atoms with Gasteiger partial charge in [0.15, 0.2) is 0 Å². The molecule has 0 spiro atoms. The van der Waals surface area contributed by atoms with Crippen LogP contribution in [0.4, 0.5) is 5.69 Å². The lowest BCUT2D eigenvalue weighted by Gasteiger charge is -2.05. The SMILES string of the molecule is COC(=O)CCCCCCCC(=O)Nc1ccccc1. The maximum atomic E-state index is 11.7. The number of unbranched alkanes of at least 4 members (excludes halogenated alkanes) is 4. The van der Waals surface area contributed by atoms with E-state index in [4.69, 9.17) is 0 Å². The van der Waals surface area contributed by atoms with E-state index in [0.717, 1.165) is 37.8 Å². The van der Waals surface area contributed by atoms with E-state index in [2.05, 4.69) is 10.1 Å². The molecule has 0 atom stereocenters. The Morgan fingerprint density at radius 3 is 2.20 bits per heavy atom. The number of ether oxygens (including phenoxy) is 1. The fraction of sp³-hybridized carbons (Fsp3) is 0.500. The van der Waals surface area contributed by atoms with Crippen molar-refractivity contribution < 1.29 is 14.3 Å². The molecular formula is C16H23NO3. The van der Waals surface area contributed by atoms with Gasteiger partial charge in [0, 0.05) is 18.5 Å². The molecular weight excluding hydrogens is 254 g/mol. The molecule has 1 N–H and O–H groups in total. The first-order chi connectivity index (χ1) is 9.72. The van der Waals surface area contributed by atoms with Crippen molar-refractivity contribution in [2.24, 2.45) is 0 Å². The summed E-state index contributed by atoms with van der Waals surface area (Å²) in [5.74, 6) is -0.0852. The number of rotatable bonds is 9. The molecule has 0 fully saturated rings. The summed E-state index contributed by atoms with van der Waals surface area (Å²) in [6.45, 7) is 0. The van der Waals surface area contributed by atoms with Gasteiger partial charge >= 0.3 is 5.97 Å². The van der Waals surface area contributed by atoms with Crippen molar-refractivity contribution in [3.63, 3.8) is 0 Å². The summed E-state index contributed by atoms with van der Waals surface area (Å²) >= 11 is 0. The first-order valence-corrected chi connectivity index (χ1v) is 7.14. The summed E-state index contributed by atoms with van der Waals surface area (Å²) < 4.78 is 4.57. The minimum atomic E-state index is -0.146. The van der Waals surface area contributed by atoms with Gasteiger partial charge in [-0.2, -0.15) is 0 Å². The zero-order valence-corrected chi connectivity index (χ0v) is 12.1. The van der Waals surface area contributed by atoms with E-state index in [1.165, 1.54) is 7.11 Å². The third-order valence-corrected chi connectivity index (χ3v) is 3.07. The lowest BCUT2D eigenvalue weighted by atomic mass is 10.1. The van der Waals surface area contributed by atoms with Crippen LogP contribution in [0.3, 0.4) is 0 Å². The van der Waals surface area contributed by atoms with Crippen LogP contribution in [-0.2, 0) is 14.3 Å². The van der Waals surface area contributed by atoms with Crippen LogP contribution in [0.15, 0.2) is 30.3 Å². The molecule has 0 aliphatic heterocycles. The summed E-state index contributed by atoms with van der Waals surface area (Å²) in [6.07, 6.45) is 5.87. The molecule has 0 unspecified atom stereocenters. The second-order valence-electron chi connectivity index (χ2n) is 4.76. The molecule has 0 heterocycles. The minimum absolute atomic E-state index is 0.0609. The highest BCUT2D eigenvalue weighted by Crippen LogP contribution is 2.10. The van der Waals surface area contributed by atoms with Gasteiger partial charge in [-0.25, -0.2) is 0 Å². The number of hydrogen-bond acceptors (Lipinski definition) is 3. The number of esters is 1. The van der Waals surface area contributed by atoms with E-state index in [1.54, 1.807) is 0 Å². The van der Waals surface area contributed by atoms with Crippen molar-refractivity contribution in [2.45, 2.75) is 44.9 Å².